The van der Waals surface area contributed by atoms with Crippen LogP contribution in [0, 0.1) is 0 Å². The molecule has 0 atom stereocenters. The van der Waals surface area contributed by atoms with Crippen LogP contribution < -0.4 is 18.6 Å². The number of aliphatic imine (C=N–C) groups is 2. The number of unbranched alkanes of at least 4 members (excludes halogenated alkanes) is 2. The summed E-state index contributed by atoms with van der Waals surface area (Å²) >= 11 is 0. The third-order valence-corrected chi connectivity index (χ3v) is 10.2. The minimum atomic E-state index is -0.242. The summed E-state index contributed by atoms with van der Waals surface area (Å²) in [7, 11) is 7.33. The molecule has 0 saturated carbocycles. The maximum Gasteiger partial charge on any atom is 0.345 e. The van der Waals surface area contributed by atoms with Gasteiger partial charge in [0, 0.05) is 5.41 Å². The number of imidazole rings is 2. The van der Waals surface area contributed by atoms with E-state index < -0.39 is 0 Å². The molecule has 10 heteroatoms. The Kier molecular flexibility index (Phi) is 13.3. The minimum absolute atomic E-state index is 0.242. The van der Waals surface area contributed by atoms with Crippen LogP contribution in [0.25, 0.3) is 0 Å². The standard InChI is InChI=1S/C47H56N6O4/c1-9-11-29-52-33-31-50(5)45(52)43(54-7)48-37-17-25-41(26-18-37)56-39-21-13-35(14-22-39)47(3,4)36-15-23-40(24-16-36)57-42-27-19-38(20-28-42)49-44(55-8)46-51(6)32-34-53(46)30-12-10-2/h13-28,31-34H,9-12,29-30H2,1-8H3/q+2. The highest BCUT2D eigenvalue weighted by molar-refractivity contribution is 5.92. The lowest BCUT2D eigenvalue weighted by Crippen LogP contribution is -2.36. The predicted molar refractivity (Wildman–Crippen MR) is 225 cm³/mol. The number of ether oxygens (including phenoxy) is 4. The second-order valence-electron chi connectivity index (χ2n) is 14.7. The first kappa shape index (κ1) is 40.5. The van der Waals surface area contributed by atoms with Crippen LogP contribution in [0.1, 0.15) is 76.2 Å². The lowest BCUT2D eigenvalue weighted by molar-refractivity contribution is -0.673. The summed E-state index contributed by atoms with van der Waals surface area (Å²) in [6.45, 7) is 10.7. The van der Waals surface area contributed by atoms with Crippen LogP contribution >= 0.6 is 0 Å². The Hall–Kier alpha value is -6.16. The Morgan fingerprint density at radius 1 is 0.544 bits per heavy atom. The van der Waals surface area contributed by atoms with Crippen molar-refractivity contribution in [2.45, 2.75) is 71.9 Å². The van der Waals surface area contributed by atoms with Crippen LogP contribution in [-0.4, -0.2) is 35.1 Å². The van der Waals surface area contributed by atoms with Crippen LogP contribution in [-0.2, 0) is 42.1 Å². The molecule has 0 aliphatic heterocycles. The van der Waals surface area contributed by atoms with Crippen molar-refractivity contribution in [1.82, 2.24) is 9.13 Å². The Labute approximate surface area is 337 Å². The fourth-order valence-electron chi connectivity index (χ4n) is 6.72. The lowest BCUT2D eigenvalue weighted by atomic mass is 9.78. The maximum atomic E-state index is 6.22. The number of nitrogens with zero attached hydrogens (tertiary/aromatic N) is 6. The maximum absolute atomic E-state index is 6.22. The molecule has 10 nitrogen and oxygen atoms in total. The first-order valence-electron chi connectivity index (χ1n) is 19.8. The molecule has 0 saturated heterocycles. The van der Waals surface area contributed by atoms with Crippen molar-refractivity contribution in [3.05, 3.63) is 145 Å². The summed E-state index contributed by atoms with van der Waals surface area (Å²) < 4.78 is 32.3. The van der Waals surface area contributed by atoms with Crippen molar-refractivity contribution >= 4 is 23.2 Å². The molecule has 4 aromatic carbocycles. The molecule has 2 heterocycles. The zero-order chi connectivity index (χ0) is 40.4. The molecule has 6 aromatic rings. The first-order valence-corrected chi connectivity index (χ1v) is 19.8. The summed E-state index contributed by atoms with van der Waals surface area (Å²) in [6, 6.07) is 32.0. The topological polar surface area (TPSA) is 79.3 Å². The van der Waals surface area contributed by atoms with Gasteiger partial charge in [-0.2, -0.15) is 0 Å². The van der Waals surface area contributed by atoms with Crippen LogP contribution in [0.15, 0.2) is 132 Å². The number of hydrogen-bond donors (Lipinski definition) is 0. The Morgan fingerprint density at radius 3 is 1.19 bits per heavy atom. The van der Waals surface area contributed by atoms with Gasteiger partial charge in [-0.25, -0.2) is 28.3 Å². The molecule has 0 aliphatic rings. The van der Waals surface area contributed by atoms with Crippen LogP contribution in [0.3, 0.4) is 0 Å². The molecule has 2 aromatic heterocycles. The number of hydrogen-bond acceptors (Lipinski definition) is 6. The second-order valence-corrected chi connectivity index (χ2v) is 14.7. The highest BCUT2D eigenvalue weighted by atomic mass is 16.5. The van der Waals surface area contributed by atoms with Crippen LogP contribution in [0.4, 0.5) is 11.4 Å². The molecule has 0 N–H and O–H groups in total. The van der Waals surface area contributed by atoms with E-state index in [2.05, 4.69) is 73.5 Å². The molecule has 6 rings (SSSR count). The van der Waals surface area contributed by atoms with E-state index in [1.165, 1.54) is 11.1 Å². The zero-order valence-corrected chi connectivity index (χ0v) is 34.6. The molecular formula is C47H56N6O4+2. The zero-order valence-electron chi connectivity index (χ0n) is 34.6. The monoisotopic (exact) mass is 768 g/mol. The van der Waals surface area contributed by atoms with Crippen molar-refractivity contribution in [3.8, 4) is 23.0 Å². The van der Waals surface area contributed by atoms with E-state index in [0.717, 1.165) is 84.8 Å². The van der Waals surface area contributed by atoms with E-state index in [9.17, 15) is 0 Å². The van der Waals surface area contributed by atoms with Crippen molar-refractivity contribution in [1.29, 1.82) is 0 Å². The van der Waals surface area contributed by atoms with Crippen molar-refractivity contribution in [2.75, 3.05) is 14.2 Å². The molecule has 0 fully saturated rings. The summed E-state index contributed by atoms with van der Waals surface area (Å²) in [4.78, 5) is 9.61. The average Bonchev–Trinajstić information content (AvgIpc) is 3.79. The fraction of sp³-hybridized carbons (Fsp3) is 0.319. The van der Waals surface area contributed by atoms with Crippen molar-refractivity contribution < 1.29 is 28.1 Å². The van der Waals surface area contributed by atoms with E-state index >= 15 is 0 Å². The van der Waals surface area contributed by atoms with E-state index in [4.69, 9.17) is 28.9 Å². The molecule has 0 unspecified atom stereocenters. The third-order valence-electron chi connectivity index (χ3n) is 10.2. The Bertz CT molecular complexity index is 2110. The first-order chi connectivity index (χ1) is 27.6. The van der Waals surface area contributed by atoms with E-state index in [1.54, 1.807) is 14.2 Å². The van der Waals surface area contributed by atoms with Gasteiger partial charge in [-0.05, 0) is 96.8 Å². The fourth-order valence-corrected chi connectivity index (χ4v) is 6.72. The SMILES string of the molecule is CCCCn1cc[n+](C)c1C(=Nc1ccc(Oc2ccc(C(C)(C)c3ccc(Oc4ccc(N=C(OC)c5n(CCCC)cc[n+]5C)cc4)cc3)cc2)cc1)OC. The summed E-state index contributed by atoms with van der Waals surface area (Å²) in [6.07, 6.45) is 12.6. The predicted octanol–water partition coefficient (Wildman–Crippen LogP) is 9.90. The molecule has 0 spiro atoms. The van der Waals surface area contributed by atoms with Gasteiger partial charge in [0.25, 0.3) is 0 Å². The number of aromatic nitrogens is 4. The highest BCUT2D eigenvalue weighted by Gasteiger charge is 2.25. The lowest BCUT2D eigenvalue weighted by Gasteiger charge is -2.26. The Morgan fingerprint density at radius 2 is 0.877 bits per heavy atom. The number of benzene rings is 4. The van der Waals surface area contributed by atoms with Crippen molar-refractivity contribution in [3.63, 3.8) is 0 Å². The molecule has 296 valence electrons. The summed E-state index contributed by atoms with van der Waals surface area (Å²) in [5, 5.41) is 0. The molecule has 0 bridgehead atoms. The number of aryl methyl sites for hydroxylation is 4. The minimum Gasteiger partial charge on any atom is -0.475 e. The summed E-state index contributed by atoms with van der Waals surface area (Å²) in [5.74, 6) is 6.00. The van der Waals surface area contributed by atoms with Gasteiger partial charge >= 0.3 is 23.4 Å². The van der Waals surface area contributed by atoms with Gasteiger partial charge in [-0.3, -0.25) is 0 Å². The molecular weight excluding hydrogens is 713 g/mol. The largest absolute Gasteiger partial charge is 0.475 e. The normalized spacial score (nSPS) is 12.1. The van der Waals surface area contributed by atoms with E-state index in [0.29, 0.717) is 11.8 Å². The van der Waals surface area contributed by atoms with Crippen LogP contribution in [0.2, 0.25) is 0 Å². The third kappa shape index (κ3) is 9.81. The smallest absolute Gasteiger partial charge is 0.345 e. The van der Waals surface area contributed by atoms with E-state index in [1.807, 2.05) is 108 Å². The summed E-state index contributed by atoms with van der Waals surface area (Å²) in [5.41, 5.74) is 3.68. The highest BCUT2D eigenvalue weighted by Crippen LogP contribution is 2.35. The molecule has 0 amide bonds. The van der Waals surface area contributed by atoms with Crippen molar-refractivity contribution in [2.24, 2.45) is 24.1 Å². The number of rotatable bonds is 16. The average molecular weight is 769 g/mol. The van der Waals surface area contributed by atoms with Crippen LogP contribution in [0.5, 0.6) is 23.0 Å². The quantitative estimate of drug-likeness (QED) is 0.0558. The Balaban J connectivity index is 1.07. The van der Waals surface area contributed by atoms with E-state index in [-0.39, 0.29) is 5.41 Å². The van der Waals surface area contributed by atoms with Gasteiger partial charge in [0.05, 0.1) is 52.8 Å². The van der Waals surface area contributed by atoms with Gasteiger partial charge in [0.15, 0.2) is 0 Å². The van der Waals surface area contributed by atoms with Gasteiger partial charge in [0.2, 0.25) is 0 Å². The van der Waals surface area contributed by atoms with Gasteiger partial charge < -0.3 is 18.9 Å². The molecule has 0 radical (unpaired) electrons. The van der Waals surface area contributed by atoms with Gasteiger partial charge in [-0.1, -0.05) is 64.8 Å². The number of methoxy groups -OCH3 is 2. The second kappa shape index (κ2) is 18.7. The van der Waals surface area contributed by atoms with Gasteiger partial charge in [0.1, 0.15) is 47.8 Å². The van der Waals surface area contributed by atoms with Gasteiger partial charge in [-0.15, -0.1) is 0 Å². The molecule has 57 heavy (non-hydrogen) atoms. The molecule has 0 aliphatic carbocycles.